The van der Waals surface area contributed by atoms with Gasteiger partial charge in [-0.1, -0.05) is 0 Å². The molecular weight excluding hydrogens is 280 g/mol. The van der Waals surface area contributed by atoms with Crippen LogP contribution in [0, 0.1) is 10.1 Å². The van der Waals surface area contributed by atoms with Crippen molar-refractivity contribution in [3.05, 3.63) is 50.5 Å². The lowest BCUT2D eigenvalue weighted by Gasteiger charge is -2.15. The molecule has 0 saturated carbocycles. The molecular formula is C12H12N4O3S. The average Bonchev–Trinajstić information content (AvgIpc) is 2.91. The fourth-order valence-corrected chi connectivity index (χ4v) is 2.24. The van der Waals surface area contributed by atoms with E-state index in [2.05, 4.69) is 4.98 Å². The Labute approximate surface area is 118 Å². The minimum absolute atomic E-state index is 0.0358. The summed E-state index contributed by atoms with van der Waals surface area (Å²) in [7, 11) is 1.61. The number of amides is 1. The second-order valence-electron chi connectivity index (χ2n) is 4.17. The normalized spacial score (nSPS) is 10.2. The molecule has 1 aromatic carbocycles. The van der Waals surface area contributed by atoms with Crippen LogP contribution >= 0.6 is 11.3 Å². The Kier molecular flexibility index (Phi) is 3.94. The van der Waals surface area contributed by atoms with Crippen molar-refractivity contribution in [1.29, 1.82) is 0 Å². The van der Waals surface area contributed by atoms with Crippen molar-refractivity contribution < 1.29 is 9.72 Å². The Balaban J connectivity index is 2.20. The molecule has 0 bridgehead atoms. The molecule has 0 aliphatic heterocycles. The monoisotopic (exact) mass is 292 g/mol. The second-order valence-corrected chi connectivity index (χ2v) is 4.89. The van der Waals surface area contributed by atoms with Gasteiger partial charge >= 0.3 is 0 Å². The Morgan fingerprint density at radius 3 is 2.90 bits per heavy atom. The van der Waals surface area contributed by atoms with E-state index >= 15 is 0 Å². The van der Waals surface area contributed by atoms with Gasteiger partial charge in [0.1, 0.15) is 5.69 Å². The molecule has 1 heterocycles. The Bertz CT molecular complexity index is 642. The molecule has 0 fully saturated rings. The highest BCUT2D eigenvalue weighted by atomic mass is 32.1. The van der Waals surface area contributed by atoms with E-state index in [9.17, 15) is 14.9 Å². The first-order valence-electron chi connectivity index (χ1n) is 5.65. The van der Waals surface area contributed by atoms with Crippen LogP contribution in [0.2, 0.25) is 0 Å². The van der Waals surface area contributed by atoms with Crippen molar-refractivity contribution in [3.63, 3.8) is 0 Å². The van der Waals surface area contributed by atoms with E-state index in [4.69, 9.17) is 5.73 Å². The molecule has 0 spiro atoms. The van der Waals surface area contributed by atoms with Gasteiger partial charge in [0, 0.05) is 24.1 Å². The van der Waals surface area contributed by atoms with Crippen LogP contribution in [0.15, 0.2) is 29.1 Å². The zero-order valence-electron chi connectivity index (χ0n) is 10.6. The van der Waals surface area contributed by atoms with Crippen LogP contribution in [0.1, 0.15) is 16.1 Å². The van der Waals surface area contributed by atoms with Crippen LogP contribution in [-0.2, 0) is 6.54 Å². The molecule has 0 radical (unpaired) electrons. The predicted octanol–water partition coefficient (Wildman–Crippen LogP) is 1.91. The van der Waals surface area contributed by atoms with E-state index in [1.807, 2.05) is 5.38 Å². The number of anilines is 1. The van der Waals surface area contributed by atoms with Crippen molar-refractivity contribution in [1.82, 2.24) is 9.88 Å². The van der Waals surface area contributed by atoms with Crippen LogP contribution in [0.3, 0.4) is 0 Å². The predicted molar refractivity (Wildman–Crippen MR) is 75.4 cm³/mol. The number of nitrogens with zero attached hydrogens (tertiary/aromatic N) is 3. The van der Waals surface area contributed by atoms with Gasteiger partial charge in [0.05, 0.1) is 22.7 Å². The van der Waals surface area contributed by atoms with E-state index in [1.54, 1.807) is 12.6 Å². The molecule has 0 saturated heterocycles. The Hall–Kier alpha value is -2.48. The number of nitrogens with two attached hydrogens (primary N) is 1. The topological polar surface area (TPSA) is 102 Å². The quantitative estimate of drug-likeness (QED) is 0.526. The third-order valence-corrected chi connectivity index (χ3v) is 3.34. The lowest BCUT2D eigenvalue weighted by molar-refractivity contribution is -0.383. The van der Waals surface area contributed by atoms with E-state index in [1.165, 1.54) is 34.4 Å². The van der Waals surface area contributed by atoms with E-state index in [0.29, 0.717) is 6.54 Å². The number of aromatic nitrogens is 1. The van der Waals surface area contributed by atoms with Gasteiger partial charge in [0.15, 0.2) is 0 Å². The summed E-state index contributed by atoms with van der Waals surface area (Å²) in [6.45, 7) is 0.348. The second kappa shape index (κ2) is 5.66. The Morgan fingerprint density at radius 1 is 1.55 bits per heavy atom. The zero-order chi connectivity index (χ0) is 14.7. The summed E-state index contributed by atoms with van der Waals surface area (Å²) in [5.74, 6) is -0.318. The minimum atomic E-state index is -0.605. The number of carbonyl (C=O) groups excluding carboxylic acids is 1. The van der Waals surface area contributed by atoms with Gasteiger partial charge in [0.2, 0.25) is 0 Å². The van der Waals surface area contributed by atoms with Crippen LogP contribution in [0.4, 0.5) is 11.4 Å². The first kappa shape index (κ1) is 13.9. The van der Waals surface area contributed by atoms with Gasteiger partial charge in [-0.3, -0.25) is 14.9 Å². The molecule has 8 heteroatoms. The fraction of sp³-hybridized carbons (Fsp3) is 0.167. The first-order valence-corrected chi connectivity index (χ1v) is 6.59. The standard InChI is InChI=1S/C12H12N4O3S/c1-15(5-9-6-20-7-14-9)12(17)8-2-3-10(13)11(4-8)16(18)19/h2-4,6-7H,5,13H2,1H3. The molecule has 0 aliphatic carbocycles. The van der Waals surface area contributed by atoms with Gasteiger partial charge in [-0.25, -0.2) is 4.98 Å². The lowest BCUT2D eigenvalue weighted by Crippen LogP contribution is -2.26. The zero-order valence-corrected chi connectivity index (χ0v) is 11.5. The smallest absolute Gasteiger partial charge is 0.292 e. The average molecular weight is 292 g/mol. The van der Waals surface area contributed by atoms with E-state index in [-0.39, 0.29) is 22.8 Å². The molecule has 20 heavy (non-hydrogen) atoms. The maximum atomic E-state index is 12.2. The highest BCUT2D eigenvalue weighted by molar-refractivity contribution is 7.07. The van der Waals surface area contributed by atoms with Crippen LogP contribution < -0.4 is 5.73 Å². The molecule has 1 aromatic heterocycles. The number of benzene rings is 1. The van der Waals surface area contributed by atoms with Crippen molar-refractivity contribution >= 4 is 28.6 Å². The van der Waals surface area contributed by atoms with Crippen molar-refractivity contribution in [2.45, 2.75) is 6.54 Å². The lowest BCUT2D eigenvalue weighted by atomic mass is 10.1. The summed E-state index contributed by atoms with van der Waals surface area (Å²) in [4.78, 5) is 27.9. The summed E-state index contributed by atoms with van der Waals surface area (Å²) >= 11 is 1.44. The minimum Gasteiger partial charge on any atom is -0.393 e. The molecule has 0 atom stereocenters. The molecule has 7 nitrogen and oxygen atoms in total. The molecule has 2 rings (SSSR count). The highest BCUT2D eigenvalue weighted by Crippen LogP contribution is 2.23. The Morgan fingerprint density at radius 2 is 2.30 bits per heavy atom. The number of carbonyl (C=O) groups is 1. The number of thiazole rings is 1. The molecule has 2 aromatic rings. The van der Waals surface area contributed by atoms with Crippen LogP contribution in [0.5, 0.6) is 0 Å². The summed E-state index contributed by atoms with van der Waals surface area (Å²) < 4.78 is 0. The number of nitro benzene ring substituents is 1. The van der Waals surface area contributed by atoms with Gasteiger partial charge in [0.25, 0.3) is 11.6 Å². The molecule has 2 N–H and O–H groups in total. The van der Waals surface area contributed by atoms with Gasteiger partial charge in [-0.15, -0.1) is 11.3 Å². The summed E-state index contributed by atoms with van der Waals surface area (Å²) in [6, 6.07) is 4.03. The number of nitro groups is 1. The van der Waals surface area contributed by atoms with Gasteiger partial charge in [-0.2, -0.15) is 0 Å². The van der Waals surface area contributed by atoms with Gasteiger partial charge < -0.3 is 10.6 Å². The molecule has 0 aliphatic rings. The van der Waals surface area contributed by atoms with E-state index in [0.717, 1.165) is 5.69 Å². The SMILES string of the molecule is CN(Cc1cscn1)C(=O)c1ccc(N)c([N+](=O)[O-])c1. The number of nitrogen functional groups attached to an aromatic ring is 1. The van der Waals surface area contributed by atoms with Crippen molar-refractivity contribution in [3.8, 4) is 0 Å². The van der Waals surface area contributed by atoms with Gasteiger partial charge in [-0.05, 0) is 12.1 Å². The maximum absolute atomic E-state index is 12.2. The largest absolute Gasteiger partial charge is 0.393 e. The molecule has 1 amide bonds. The molecule has 0 unspecified atom stereocenters. The molecule has 104 valence electrons. The third-order valence-electron chi connectivity index (χ3n) is 2.70. The first-order chi connectivity index (χ1) is 9.49. The van der Waals surface area contributed by atoms with Crippen molar-refractivity contribution in [2.24, 2.45) is 0 Å². The third kappa shape index (κ3) is 2.91. The maximum Gasteiger partial charge on any atom is 0.292 e. The van der Waals surface area contributed by atoms with Crippen LogP contribution in [-0.4, -0.2) is 27.8 Å². The number of rotatable bonds is 4. The summed E-state index contributed by atoms with van der Waals surface area (Å²) in [6.07, 6.45) is 0. The van der Waals surface area contributed by atoms with Crippen LogP contribution in [0.25, 0.3) is 0 Å². The number of hydrogen-bond donors (Lipinski definition) is 1. The van der Waals surface area contributed by atoms with E-state index < -0.39 is 4.92 Å². The number of hydrogen-bond acceptors (Lipinski definition) is 6. The fourth-order valence-electron chi connectivity index (χ4n) is 1.69. The summed E-state index contributed by atoms with van der Waals surface area (Å²) in [5, 5.41) is 12.7. The summed E-state index contributed by atoms with van der Waals surface area (Å²) in [5.41, 5.74) is 7.95. The van der Waals surface area contributed by atoms with Crippen molar-refractivity contribution in [2.75, 3.05) is 12.8 Å². The highest BCUT2D eigenvalue weighted by Gasteiger charge is 2.18.